The zero-order valence-corrected chi connectivity index (χ0v) is 35.2. The van der Waals surface area contributed by atoms with Gasteiger partial charge in [0.15, 0.2) is 12.2 Å². The van der Waals surface area contributed by atoms with Crippen LogP contribution < -0.4 is 32.7 Å². The van der Waals surface area contributed by atoms with Crippen LogP contribution in [0.1, 0.15) is 116 Å². The summed E-state index contributed by atoms with van der Waals surface area (Å²) >= 11 is 0. The first-order valence-corrected chi connectivity index (χ1v) is 21.0. The average Bonchev–Trinajstić information content (AvgIpc) is 4.11. The van der Waals surface area contributed by atoms with E-state index in [1.807, 2.05) is 81.4 Å². The fourth-order valence-corrected chi connectivity index (χ4v) is 5.24. The standard InChI is InChI=1S/C17H24N2O4.C14H19NO5.C9H18N2O2.C3H7N.CH4/c1-2-6-14(15(20)16(21)18-13-9-10-13)19-17(22)23-11-12-7-4-3-5-8-12;1-2-6-11(12(16)13(17)18)15-14(19)20-9-10-7-4-3-5-8-10;1-2-3-7(10)8(12)9(13)11-6-4-5-6;4-3-1-2-3;/h3-5,7-8,13-15,20H,2,6,9-11H2,1H3,(H,18,21)(H,19,22);3-5,7-8,11-12,16H,2,6,9H2,1H3,(H,15,19)(H,17,18);6-8,12H,2-5,10H2,1H3,(H,11,13);3H,1-2,4H2;1H4/t14-,15?;11-,12?;7-,8?;;/m000../s1. The molecular formula is C44H72N6O11. The molecule has 0 spiro atoms. The van der Waals surface area contributed by atoms with Crippen molar-refractivity contribution in [2.24, 2.45) is 11.5 Å². The highest BCUT2D eigenvalue weighted by Gasteiger charge is 2.32. The number of nitrogens with one attached hydrogen (secondary N) is 4. The summed E-state index contributed by atoms with van der Waals surface area (Å²) in [5.74, 6) is -2.12. The summed E-state index contributed by atoms with van der Waals surface area (Å²) in [6.07, 6.45) is 4.95. The number of alkyl carbamates (subject to hydrolysis) is 2. The molecule has 0 radical (unpaired) electrons. The van der Waals surface area contributed by atoms with E-state index in [9.17, 15) is 39.3 Å². The molecule has 3 unspecified atom stereocenters. The van der Waals surface area contributed by atoms with Crippen LogP contribution in [0.25, 0.3) is 0 Å². The number of benzene rings is 2. The number of ether oxygens (including phenoxy) is 2. The number of rotatable bonds is 20. The fraction of sp³-hybridized carbons (Fsp3) is 0.614. The number of carbonyl (C=O) groups is 5. The van der Waals surface area contributed by atoms with Gasteiger partial charge < -0.3 is 62.6 Å². The Balaban J connectivity index is 0.000000445. The van der Waals surface area contributed by atoms with E-state index >= 15 is 0 Å². The molecular weight excluding hydrogens is 789 g/mol. The Morgan fingerprint density at radius 3 is 1.31 bits per heavy atom. The molecule has 0 aromatic heterocycles. The highest BCUT2D eigenvalue weighted by molar-refractivity contribution is 5.83. The molecule has 12 N–H and O–H groups in total. The Bertz CT molecular complexity index is 1540. The van der Waals surface area contributed by atoms with E-state index in [4.69, 9.17) is 26.0 Å². The second kappa shape index (κ2) is 30.3. The second-order valence-electron chi connectivity index (χ2n) is 15.2. The maximum Gasteiger partial charge on any atom is 0.407 e. The average molecular weight is 861 g/mol. The number of nitrogens with two attached hydrogens (primary N) is 2. The molecule has 3 aliphatic rings. The third kappa shape index (κ3) is 24.9. The topological polar surface area (TPSA) is 285 Å². The molecule has 0 saturated heterocycles. The van der Waals surface area contributed by atoms with E-state index in [1.54, 1.807) is 0 Å². The third-order valence-electron chi connectivity index (χ3n) is 9.28. The third-order valence-corrected chi connectivity index (χ3v) is 9.28. The predicted molar refractivity (Wildman–Crippen MR) is 232 cm³/mol. The van der Waals surface area contributed by atoms with Crippen LogP contribution in [-0.4, -0.2) is 105 Å². The Morgan fingerprint density at radius 2 is 0.984 bits per heavy atom. The predicted octanol–water partition coefficient (Wildman–Crippen LogP) is 3.74. The molecule has 3 fully saturated rings. The molecule has 0 bridgehead atoms. The van der Waals surface area contributed by atoms with E-state index in [-0.39, 0.29) is 38.6 Å². The van der Waals surface area contributed by atoms with Gasteiger partial charge in [0.2, 0.25) is 0 Å². The van der Waals surface area contributed by atoms with Crippen LogP contribution in [-0.2, 0) is 37.1 Å². The summed E-state index contributed by atoms with van der Waals surface area (Å²) in [6, 6.07) is 17.5. The van der Waals surface area contributed by atoms with Gasteiger partial charge in [-0.1, -0.05) is 108 Å². The maximum absolute atomic E-state index is 11.9. The highest BCUT2D eigenvalue weighted by atomic mass is 16.6. The lowest BCUT2D eigenvalue weighted by molar-refractivity contribution is -0.148. The van der Waals surface area contributed by atoms with Gasteiger partial charge in [0, 0.05) is 24.2 Å². The summed E-state index contributed by atoms with van der Waals surface area (Å²) in [5.41, 5.74) is 12.5. The van der Waals surface area contributed by atoms with Gasteiger partial charge in [-0.3, -0.25) is 9.59 Å². The molecule has 2 aromatic carbocycles. The van der Waals surface area contributed by atoms with Crippen LogP contribution in [0.5, 0.6) is 0 Å². The largest absolute Gasteiger partial charge is 0.479 e. The van der Waals surface area contributed by atoms with Gasteiger partial charge in [-0.2, -0.15) is 0 Å². The number of amides is 4. The molecule has 5 rings (SSSR count). The Hall–Kier alpha value is -4.81. The molecule has 0 aliphatic heterocycles. The molecule has 3 saturated carbocycles. The van der Waals surface area contributed by atoms with Crippen molar-refractivity contribution >= 4 is 30.0 Å². The first-order chi connectivity index (χ1) is 28.7. The van der Waals surface area contributed by atoms with Crippen molar-refractivity contribution in [1.82, 2.24) is 21.3 Å². The SMILES string of the molecule is C.CCC[C@H](N)C(O)C(=O)NC1CC1.CCC[C@H](NC(=O)OCc1ccccc1)C(O)C(=O)NC1CC1.CCC[C@H](NC(=O)OCc1ccccc1)C(O)C(=O)O.NC1CC1. The summed E-state index contributed by atoms with van der Waals surface area (Å²) in [5, 5.41) is 48.3. The normalized spacial score (nSPS) is 16.7. The molecule has 2 aromatic rings. The summed E-state index contributed by atoms with van der Waals surface area (Å²) in [4.78, 5) is 57.4. The smallest absolute Gasteiger partial charge is 0.407 e. The van der Waals surface area contributed by atoms with E-state index in [0.29, 0.717) is 31.7 Å². The summed E-state index contributed by atoms with van der Waals surface area (Å²) in [6.45, 7) is 5.98. The molecule has 344 valence electrons. The van der Waals surface area contributed by atoms with Gasteiger partial charge in [-0.25, -0.2) is 14.4 Å². The minimum absolute atomic E-state index is 0. The Labute approximate surface area is 360 Å². The monoisotopic (exact) mass is 861 g/mol. The van der Waals surface area contributed by atoms with Crippen molar-refractivity contribution in [3.8, 4) is 0 Å². The lowest BCUT2D eigenvalue weighted by Gasteiger charge is -2.23. The molecule has 61 heavy (non-hydrogen) atoms. The number of hydrogen-bond donors (Lipinski definition) is 10. The van der Waals surface area contributed by atoms with Crippen molar-refractivity contribution in [2.45, 2.75) is 173 Å². The van der Waals surface area contributed by atoms with E-state index in [2.05, 4.69) is 21.3 Å². The van der Waals surface area contributed by atoms with Crippen molar-refractivity contribution in [2.75, 3.05) is 0 Å². The molecule has 6 atom stereocenters. The van der Waals surface area contributed by atoms with Crippen molar-refractivity contribution in [3.05, 3.63) is 71.8 Å². The lowest BCUT2D eigenvalue weighted by atomic mass is 10.1. The molecule has 0 heterocycles. The summed E-state index contributed by atoms with van der Waals surface area (Å²) < 4.78 is 10.1. The maximum atomic E-state index is 11.9. The highest BCUT2D eigenvalue weighted by Crippen LogP contribution is 2.20. The lowest BCUT2D eigenvalue weighted by Crippen LogP contribution is -2.51. The molecule has 17 nitrogen and oxygen atoms in total. The van der Waals surface area contributed by atoms with Crippen molar-refractivity contribution < 1.29 is 53.9 Å². The number of carboxylic acids is 1. The molecule has 17 heteroatoms. The van der Waals surface area contributed by atoms with Gasteiger partial charge in [-0.15, -0.1) is 0 Å². The van der Waals surface area contributed by atoms with Gasteiger partial charge in [-0.05, 0) is 68.9 Å². The number of hydrogen-bond acceptors (Lipinski definition) is 12. The number of aliphatic hydroxyl groups excluding tert-OH is 3. The van der Waals surface area contributed by atoms with Crippen molar-refractivity contribution in [3.63, 3.8) is 0 Å². The van der Waals surface area contributed by atoms with Gasteiger partial charge >= 0.3 is 18.2 Å². The van der Waals surface area contributed by atoms with Gasteiger partial charge in [0.1, 0.15) is 19.3 Å². The van der Waals surface area contributed by atoms with Gasteiger partial charge in [0.05, 0.1) is 12.1 Å². The Kier molecular flexibility index (Phi) is 26.9. The number of aliphatic carboxylic acids is 1. The quantitative estimate of drug-likeness (QED) is 0.0910. The van der Waals surface area contributed by atoms with E-state index < -0.39 is 60.5 Å². The summed E-state index contributed by atoms with van der Waals surface area (Å²) in [7, 11) is 0. The number of aliphatic hydroxyl groups is 3. The minimum atomic E-state index is -1.64. The first kappa shape index (κ1) is 54.2. The fourth-order valence-electron chi connectivity index (χ4n) is 5.24. The zero-order chi connectivity index (χ0) is 44.5. The second-order valence-corrected chi connectivity index (χ2v) is 15.2. The molecule has 4 amide bonds. The number of carbonyl (C=O) groups excluding carboxylic acids is 4. The van der Waals surface area contributed by atoms with Crippen molar-refractivity contribution in [1.29, 1.82) is 0 Å². The number of carboxylic acid groups (broad SMARTS) is 1. The van der Waals surface area contributed by atoms with Crippen LogP contribution >= 0.6 is 0 Å². The van der Waals surface area contributed by atoms with Crippen LogP contribution in [0.2, 0.25) is 0 Å². The van der Waals surface area contributed by atoms with Gasteiger partial charge in [0.25, 0.3) is 11.8 Å². The zero-order valence-electron chi connectivity index (χ0n) is 35.2. The van der Waals surface area contributed by atoms with E-state index in [0.717, 1.165) is 49.7 Å². The van der Waals surface area contributed by atoms with Crippen LogP contribution in [0, 0.1) is 0 Å². The molecule has 3 aliphatic carbocycles. The van der Waals surface area contributed by atoms with Crippen LogP contribution in [0.4, 0.5) is 9.59 Å². The van der Waals surface area contributed by atoms with E-state index in [1.165, 1.54) is 12.8 Å². The van der Waals surface area contributed by atoms with Crippen LogP contribution in [0.15, 0.2) is 60.7 Å². The van der Waals surface area contributed by atoms with Crippen LogP contribution in [0.3, 0.4) is 0 Å². The Morgan fingerprint density at radius 1 is 0.623 bits per heavy atom. The minimum Gasteiger partial charge on any atom is -0.479 e. The first-order valence-electron chi connectivity index (χ1n) is 21.0.